The molecule has 0 spiro atoms. The van der Waals surface area contributed by atoms with E-state index >= 15 is 0 Å². The zero-order valence-electron chi connectivity index (χ0n) is 17.3. The number of hydrogen-bond acceptors (Lipinski definition) is 8. The van der Waals surface area contributed by atoms with Crippen LogP contribution in [0.2, 0.25) is 0 Å². The Morgan fingerprint density at radius 3 is 2.55 bits per heavy atom. The lowest BCUT2D eigenvalue weighted by molar-refractivity contribution is 0.311. The van der Waals surface area contributed by atoms with E-state index in [4.69, 9.17) is 20.2 Å². The smallest absolute Gasteiger partial charge is 0.234 e. The van der Waals surface area contributed by atoms with Crippen LogP contribution < -0.4 is 20.1 Å². The molecule has 1 saturated heterocycles. The van der Waals surface area contributed by atoms with Gasteiger partial charge in [0.15, 0.2) is 0 Å². The third-order valence-electron chi connectivity index (χ3n) is 5.40. The molecule has 152 valence electrons. The first-order chi connectivity index (χ1) is 14.0. The normalized spacial score (nSPS) is 15.0. The van der Waals surface area contributed by atoms with Crippen LogP contribution in [0.1, 0.15) is 11.1 Å². The number of piperazine rings is 1. The predicted octanol–water partition coefficient (Wildman–Crippen LogP) is 2.78. The van der Waals surface area contributed by atoms with Crippen molar-refractivity contribution in [2.24, 2.45) is 0 Å². The first-order valence-corrected chi connectivity index (χ1v) is 9.64. The van der Waals surface area contributed by atoms with Gasteiger partial charge in [0.1, 0.15) is 34.8 Å². The number of nitrogens with two attached hydrogens (primary N) is 1. The summed E-state index contributed by atoms with van der Waals surface area (Å²) in [5, 5.41) is 0.618. The second-order valence-electron chi connectivity index (χ2n) is 7.37. The van der Waals surface area contributed by atoms with Crippen LogP contribution >= 0.6 is 0 Å². The zero-order valence-corrected chi connectivity index (χ0v) is 17.3. The number of hydrogen-bond donors (Lipinski definition) is 1. The van der Waals surface area contributed by atoms with E-state index in [1.807, 2.05) is 32.0 Å². The summed E-state index contributed by atoms with van der Waals surface area (Å²) >= 11 is 0. The molecule has 8 heteroatoms. The van der Waals surface area contributed by atoms with Gasteiger partial charge in [0.05, 0.1) is 12.6 Å². The van der Waals surface area contributed by atoms with E-state index in [0.29, 0.717) is 22.8 Å². The number of likely N-dealkylation sites (N-methyl/N-ethyl adjacent to an activating group) is 1. The SMILES string of the molecule is COc1ccc(C)c(Oc2nc(N3CCN(C)CC3)cc3ncnc(N)c23)c1C. The molecule has 0 atom stereocenters. The van der Waals surface area contributed by atoms with Gasteiger partial charge in [0.2, 0.25) is 5.88 Å². The quantitative estimate of drug-likeness (QED) is 0.723. The molecule has 8 nitrogen and oxygen atoms in total. The maximum absolute atomic E-state index is 6.34. The second-order valence-corrected chi connectivity index (χ2v) is 7.37. The minimum Gasteiger partial charge on any atom is -0.496 e. The number of methoxy groups -OCH3 is 1. The van der Waals surface area contributed by atoms with Crippen LogP contribution in [-0.4, -0.2) is 60.2 Å². The number of rotatable bonds is 4. The summed E-state index contributed by atoms with van der Waals surface area (Å²) in [7, 11) is 3.77. The van der Waals surface area contributed by atoms with Gasteiger partial charge in [-0.3, -0.25) is 0 Å². The van der Waals surface area contributed by atoms with Crippen molar-refractivity contribution in [2.45, 2.75) is 13.8 Å². The first-order valence-electron chi connectivity index (χ1n) is 9.64. The van der Waals surface area contributed by atoms with Crippen LogP contribution in [0.5, 0.6) is 17.4 Å². The van der Waals surface area contributed by atoms with Crippen molar-refractivity contribution >= 4 is 22.5 Å². The molecule has 2 aromatic heterocycles. The average Bonchev–Trinajstić information content (AvgIpc) is 2.71. The van der Waals surface area contributed by atoms with Gasteiger partial charge in [-0.25, -0.2) is 9.97 Å². The average molecular weight is 394 g/mol. The fourth-order valence-electron chi connectivity index (χ4n) is 3.61. The Morgan fingerprint density at radius 1 is 1.07 bits per heavy atom. The molecule has 0 saturated carbocycles. The van der Waals surface area contributed by atoms with Gasteiger partial charge >= 0.3 is 0 Å². The third kappa shape index (κ3) is 3.63. The molecule has 4 rings (SSSR count). The largest absolute Gasteiger partial charge is 0.496 e. The Balaban J connectivity index is 1.83. The molecule has 3 heterocycles. The standard InChI is InChI=1S/C21H26N6O2/c1-13-5-6-16(28-4)14(2)19(13)29-21-18-15(23-12-24-20(18)22)11-17(25-21)27-9-7-26(3)8-10-27/h5-6,11-12H,7-10H2,1-4H3,(H2,22,23,24). The highest BCUT2D eigenvalue weighted by atomic mass is 16.5. The van der Waals surface area contributed by atoms with E-state index in [-0.39, 0.29) is 0 Å². The number of aromatic nitrogens is 3. The number of pyridine rings is 1. The van der Waals surface area contributed by atoms with E-state index in [9.17, 15) is 0 Å². The van der Waals surface area contributed by atoms with Crippen molar-refractivity contribution in [3.05, 3.63) is 35.7 Å². The topological polar surface area (TPSA) is 89.6 Å². The molecular formula is C21H26N6O2. The molecule has 1 aromatic carbocycles. The molecule has 0 radical (unpaired) electrons. The van der Waals surface area contributed by atoms with E-state index in [1.54, 1.807) is 7.11 Å². The van der Waals surface area contributed by atoms with Crippen molar-refractivity contribution < 1.29 is 9.47 Å². The Labute approximate surface area is 170 Å². The molecule has 0 amide bonds. The molecular weight excluding hydrogens is 368 g/mol. The molecule has 0 bridgehead atoms. The summed E-state index contributed by atoms with van der Waals surface area (Å²) in [4.78, 5) is 17.9. The zero-order chi connectivity index (χ0) is 20.5. The second kappa shape index (κ2) is 7.71. The van der Waals surface area contributed by atoms with Crippen molar-refractivity contribution in [2.75, 3.05) is 51.0 Å². The van der Waals surface area contributed by atoms with Crippen molar-refractivity contribution in [1.29, 1.82) is 0 Å². The monoisotopic (exact) mass is 394 g/mol. The van der Waals surface area contributed by atoms with E-state index < -0.39 is 0 Å². The molecule has 2 N–H and O–H groups in total. The third-order valence-corrected chi connectivity index (χ3v) is 5.40. The molecule has 3 aromatic rings. The van der Waals surface area contributed by atoms with Crippen LogP contribution in [0, 0.1) is 13.8 Å². The summed E-state index contributed by atoms with van der Waals surface area (Å²) in [6.45, 7) is 7.71. The van der Waals surface area contributed by atoms with Crippen LogP contribution in [0.4, 0.5) is 11.6 Å². The predicted molar refractivity (Wildman–Crippen MR) is 114 cm³/mol. The highest BCUT2D eigenvalue weighted by molar-refractivity contribution is 5.94. The lowest BCUT2D eigenvalue weighted by Crippen LogP contribution is -2.44. The molecule has 1 aliphatic rings. The van der Waals surface area contributed by atoms with Gasteiger partial charge in [-0.1, -0.05) is 6.07 Å². The summed E-state index contributed by atoms with van der Waals surface area (Å²) in [5.41, 5.74) is 8.78. The molecule has 0 aliphatic carbocycles. The number of nitrogens with zero attached hydrogens (tertiary/aromatic N) is 5. The Kier molecular flexibility index (Phi) is 5.10. The maximum atomic E-state index is 6.34. The van der Waals surface area contributed by atoms with Gasteiger partial charge in [-0.2, -0.15) is 4.98 Å². The maximum Gasteiger partial charge on any atom is 0.234 e. The minimum atomic E-state index is 0.348. The number of nitrogen functional groups attached to an aromatic ring is 1. The molecule has 29 heavy (non-hydrogen) atoms. The Hall–Kier alpha value is -3.13. The lowest BCUT2D eigenvalue weighted by atomic mass is 10.1. The molecule has 0 unspecified atom stereocenters. The summed E-state index contributed by atoms with van der Waals surface area (Å²) in [5.74, 6) is 3.05. The van der Waals surface area contributed by atoms with Crippen molar-refractivity contribution in [3.8, 4) is 17.4 Å². The van der Waals surface area contributed by atoms with E-state index in [2.05, 4.69) is 26.8 Å². The Morgan fingerprint density at radius 2 is 1.83 bits per heavy atom. The van der Waals surface area contributed by atoms with Crippen molar-refractivity contribution in [3.63, 3.8) is 0 Å². The number of anilines is 2. The lowest BCUT2D eigenvalue weighted by Gasteiger charge is -2.33. The Bertz CT molecular complexity index is 1050. The number of ether oxygens (including phenoxy) is 2. The van der Waals surface area contributed by atoms with Crippen LogP contribution in [-0.2, 0) is 0 Å². The number of fused-ring (bicyclic) bond motifs is 1. The van der Waals surface area contributed by atoms with Crippen LogP contribution in [0.3, 0.4) is 0 Å². The summed E-state index contributed by atoms with van der Waals surface area (Å²) < 4.78 is 11.8. The van der Waals surface area contributed by atoms with Gasteiger partial charge in [-0.05, 0) is 32.5 Å². The molecule has 1 aliphatic heterocycles. The highest BCUT2D eigenvalue weighted by Gasteiger charge is 2.21. The summed E-state index contributed by atoms with van der Waals surface area (Å²) in [6, 6.07) is 5.85. The fraction of sp³-hybridized carbons (Fsp3) is 0.381. The van der Waals surface area contributed by atoms with Gasteiger partial charge in [-0.15, -0.1) is 0 Å². The summed E-state index contributed by atoms with van der Waals surface area (Å²) in [6.07, 6.45) is 1.47. The fourth-order valence-corrected chi connectivity index (χ4v) is 3.61. The van der Waals surface area contributed by atoms with Crippen LogP contribution in [0.25, 0.3) is 10.9 Å². The highest BCUT2D eigenvalue weighted by Crippen LogP contribution is 2.38. The van der Waals surface area contributed by atoms with Gasteiger partial charge in [0.25, 0.3) is 0 Å². The number of aryl methyl sites for hydroxylation is 1. The van der Waals surface area contributed by atoms with E-state index in [0.717, 1.165) is 54.4 Å². The van der Waals surface area contributed by atoms with Gasteiger partial charge in [0, 0.05) is 37.8 Å². The van der Waals surface area contributed by atoms with Crippen LogP contribution in [0.15, 0.2) is 24.5 Å². The number of benzene rings is 1. The van der Waals surface area contributed by atoms with Gasteiger partial charge < -0.3 is 25.0 Å². The van der Waals surface area contributed by atoms with E-state index in [1.165, 1.54) is 6.33 Å². The minimum absolute atomic E-state index is 0.348. The molecule has 1 fully saturated rings. The first kappa shape index (κ1) is 19.2. The van der Waals surface area contributed by atoms with Crippen molar-refractivity contribution in [1.82, 2.24) is 19.9 Å².